The van der Waals surface area contributed by atoms with Gasteiger partial charge >= 0.3 is 0 Å². The molecule has 3 aliphatic rings. The smallest absolute Gasteiger partial charge is 0.123 e. The van der Waals surface area contributed by atoms with Gasteiger partial charge in [0.15, 0.2) is 0 Å². The van der Waals surface area contributed by atoms with E-state index in [2.05, 4.69) is 32.3 Å². The van der Waals surface area contributed by atoms with E-state index in [4.69, 9.17) is 11.6 Å². The van der Waals surface area contributed by atoms with E-state index in [0.717, 1.165) is 54.1 Å². The Morgan fingerprint density at radius 3 is 2.62 bits per heavy atom. The summed E-state index contributed by atoms with van der Waals surface area (Å²) in [5.41, 5.74) is 4.87. The average molecular weight is 494 g/mol. The van der Waals surface area contributed by atoms with Crippen LogP contribution in [-0.4, -0.2) is 42.1 Å². The number of benzene rings is 2. The number of piperazine rings is 1. The normalized spacial score (nSPS) is 23.6. The van der Waals surface area contributed by atoms with Gasteiger partial charge in [0.25, 0.3) is 0 Å². The molecule has 0 atom stereocenters. The van der Waals surface area contributed by atoms with Crippen molar-refractivity contribution in [2.45, 2.75) is 43.0 Å². The summed E-state index contributed by atoms with van der Waals surface area (Å²) in [6, 6.07) is 14.0. The summed E-state index contributed by atoms with van der Waals surface area (Å²) in [7, 11) is 0. The molecule has 1 aromatic heterocycles. The standard InChI is InChI=1S/C28H29ClFN3S/c29-25-8-9-26(28-24(25)2-1-11-31-28)33-14-12-32(13-15-33)23-6-3-19(4-7-23)21-16-20-17-22(30)5-10-27(20)34-18-21/h1-2,5,8-11,17-19,23H,3-4,6-7,12-16H2. The Morgan fingerprint density at radius 2 is 1.79 bits per heavy atom. The fourth-order valence-electron chi connectivity index (χ4n) is 5.96. The molecule has 34 heavy (non-hydrogen) atoms. The highest BCUT2D eigenvalue weighted by molar-refractivity contribution is 8.02. The fourth-order valence-corrected chi connectivity index (χ4v) is 7.16. The van der Waals surface area contributed by atoms with Crippen LogP contribution in [0.2, 0.25) is 5.02 Å². The number of nitrogens with zero attached hydrogens (tertiary/aromatic N) is 3. The minimum Gasteiger partial charge on any atom is -0.367 e. The quantitative estimate of drug-likeness (QED) is 0.393. The van der Waals surface area contributed by atoms with E-state index in [0.29, 0.717) is 12.0 Å². The van der Waals surface area contributed by atoms with Gasteiger partial charge in [0.1, 0.15) is 5.82 Å². The predicted molar refractivity (Wildman–Crippen MR) is 140 cm³/mol. The Kier molecular flexibility index (Phi) is 6.27. The molecule has 2 aliphatic heterocycles. The van der Waals surface area contributed by atoms with E-state index in [1.54, 1.807) is 23.9 Å². The first-order valence-corrected chi connectivity index (χ1v) is 13.6. The highest BCUT2D eigenvalue weighted by Crippen LogP contribution is 2.41. The molecule has 6 rings (SSSR count). The topological polar surface area (TPSA) is 19.4 Å². The second-order valence-corrected chi connectivity index (χ2v) is 11.1. The van der Waals surface area contributed by atoms with E-state index in [1.807, 2.05) is 24.4 Å². The number of hydrogen-bond donors (Lipinski definition) is 0. The van der Waals surface area contributed by atoms with Gasteiger partial charge in [-0.05, 0) is 91.5 Å². The molecular weight excluding hydrogens is 465 g/mol. The lowest BCUT2D eigenvalue weighted by molar-refractivity contribution is 0.135. The molecule has 3 heterocycles. The minimum absolute atomic E-state index is 0.120. The molecule has 0 bridgehead atoms. The number of aromatic nitrogens is 1. The zero-order chi connectivity index (χ0) is 23.1. The van der Waals surface area contributed by atoms with Crippen molar-refractivity contribution < 1.29 is 4.39 Å². The van der Waals surface area contributed by atoms with Crippen LogP contribution < -0.4 is 4.90 Å². The first-order chi connectivity index (χ1) is 16.7. The van der Waals surface area contributed by atoms with Gasteiger partial charge < -0.3 is 4.90 Å². The van der Waals surface area contributed by atoms with Crippen LogP contribution >= 0.6 is 23.4 Å². The number of allylic oxidation sites excluding steroid dienone is 1. The van der Waals surface area contributed by atoms with Gasteiger partial charge in [0.05, 0.1) is 16.2 Å². The van der Waals surface area contributed by atoms with Gasteiger partial charge in [-0.2, -0.15) is 0 Å². The van der Waals surface area contributed by atoms with Crippen LogP contribution in [0.5, 0.6) is 0 Å². The molecule has 2 aromatic carbocycles. The second-order valence-electron chi connectivity index (χ2n) is 9.73. The first-order valence-electron chi connectivity index (χ1n) is 12.3. The van der Waals surface area contributed by atoms with Gasteiger partial charge in [-0.1, -0.05) is 28.9 Å². The van der Waals surface area contributed by atoms with Gasteiger partial charge in [-0.25, -0.2) is 4.39 Å². The molecule has 0 spiro atoms. The van der Waals surface area contributed by atoms with Crippen molar-refractivity contribution >= 4 is 40.0 Å². The lowest BCUT2D eigenvalue weighted by atomic mass is 9.79. The molecular formula is C28H29ClFN3S. The number of fused-ring (bicyclic) bond motifs is 2. The molecule has 3 nitrogen and oxygen atoms in total. The van der Waals surface area contributed by atoms with E-state index < -0.39 is 0 Å². The highest BCUT2D eigenvalue weighted by atomic mass is 35.5. The molecule has 1 saturated heterocycles. The van der Waals surface area contributed by atoms with E-state index in [-0.39, 0.29) is 5.82 Å². The first kappa shape index (κ1) is 22.4. The molecule has 0 N–H and O–H groups in total. The predicted octanol–water partition coefficient (Wildman–Crippen LogP) is 6.94. The van der Waals surface area contributed by atoms with Gasteiger partial charge in [-0.3, -0.25) is 9.88 Å². The summed E-state index contributed by atoms with van der Waals surface area (Å²) in [6.07, 6.45) is 7.77. The van der Waals surface area contributed by atoms with Crippen LogP contribution in [0.1, 0.15) is 31.2 Å². The number of rotatable bonds is 3. The average Bonchev–Trinajstić information content (AvgIpc) is 2.89. The number of halogens is 2. The third kappa shape index (κ3) is 4.34. The molecule has 1 saturated carbocycles. The molecule has 1 aliphatic carbocycles. The number of hydrogen-bond acceptors (Lipinski definition) is 4. The van der Waals surface area contributed by atoms with Crippen molar-refractivity contribution in [2.24, 2.45) is 5.92 Å². The molecule has 0 unspecified atom stereocenters. The maximum absolute atomic E-state index is 13.7. The maximum Gasteiger partial charge on any atom is 0.123 e. The molecule has 176 valence electrons. The SMILES string of the molecule is Fc1ccc2c(c1)CC(C1CCC(N3CCN(c4ccc(Cl)c5cccnc45)CC3)CC1)=CS2. The van der Waals surface area contributed by atoms with Crippen molar-refractivity contribution in [3.05, 3.63) is 76.0 Å². The highest BCUT2D eigenvalue weighted by Gasteiger charge is 2.31. The molecule has 2 fully saturated rings. The lowest BCUT2D eigenvalue weighted by Gasteiger charge is -2.43. The van der Waals surface area contributed by atoms with Crippen molar-refractivity contribution in [2.75, 3.05) is 31.1 Å². The zero-order valence-electron chi connectivity index (χ0n) is 19.2. The van der Waals surface area contributed by atoms with Crippen molar-refractivity contribution in [3.8, 4) is 0 Å². The molecule has 0 radical (unpaired) electrons. The van der Waals surface area contributed by atoms with E-state index in [9.17, 15) is 4.39 Å². The van der Waals surface area contributed by atoms with Crippen LogP contribution in [0.15, 0.2) is 64.5 Å². The van der Waals surface area contributed by atoms with E-state index >= 15 is 0 Å². The lowest BCUT2D eigenvalue weighted by Crippen LogP contribution is -2.51. The number of pyridine rings is 1. The Balaban J connectivity index is 1.05. The Hall–Kier alpha value is -2.08. The summed E-state index contributed by atoms with van der Waals surface area (Å²) >= 11 is 8.17. The molecule has 6 heteroatoms. The van der Waals surface area contributed by atoms with Crippen LogP contribution in [0.4, 0.5) is 10.1 Å². The second kappa shape index (κ2) is 9.52. The van der Waals surface area contributed by atoms with Crippen LogP contribution in [0.3, 0.4) is 0 Å². The van der Waals surface area contributed by atoms with Crippen molar-refractivity contribution in [3.63, 3.8) is 0 Å². The van der Waals surface area contributed by atoms with Gasteiger partial charge in [0.2, 0.25) is 0 Å². The monoisotopic (exact) mass is 493 g/mol. The van der Waals surface area contributed by atoms with Crippen LogP contribution in [0.25, 0.3) is 10.9 Å². The summed E-state index contributed by atoms with van der Waals surface area (Å²) in [5, 5.41) is 4.14. The third-order valence-corrected chi connectivity index (χ3v) is 9.24. The summed E-state index contributed by atoms with van der Waals surface area (Å²) < 4.78 is 13.7. The largest absolute Gasteiger partial charge is 0.367 e. The van der Waals surface area contributed by atoms with E-state index in [1.165, 1.54) is 41.8 Å². The maximum atomic E-state index is 13.7. The molecule has 3 aromatic rings. The van der Waals surface area contributed by atoms with Gasteiger partial charge in [0, 0.05) is 48.7 Å². The summed E-state index contributed by atoms with van der Waals surface area (Å²) in [6.45, 7) is 4.24. The van der Waals surface area contributed by atoms with Crippen LogP contribution in [0, 0.1) is 11.7 Å². The Labute approximate surface area is 210 Å². The Morgan fingerprint density at radius 1 is 0.971 bits per heavy atom. The zero-order valence-corrected chi connectivity index (χ0v) is 20.8. The minimum atomic E-state index is -0.120. The van der Waals surface area contributed by atoms with Crippen LogP contribution in [-0.2, 0) is 6.42 Å². The number of thioether (sulfide) groups is 1. The summed E-state index contributed by atoms with van der Waals surface area (Å²) in [5.74, 6) is 0.527. The van der Waals surface area contributed by atoms with Gasteiger partial charge in [-0.15, -0.1) is 0 Å². The fraction of sp³-hybridized carbons (Fsp3) is 0.393. The number of anilines is 1. The summed E-state index contributed by atoms with van der Waals surface area (Å²) in [4.78, 5) is 11.0. The molecule has 0 amide bonds. The third-order valence-electron chi connectivity index (χ3n) is 7.84. The van der Waals surface area contributed by atoms with Crippen molar-refractivity contribution in [1.29, 1.82) is 0 Å². The Bertz CT molecular complexity index is 1230. The van der Waals surface area contributed by atoms with Crippen molar-refractivity contribution in [1.82, 2.24) is 9.88 Å².